The molecule has 0 bridgehead atoms. The lowest BCUT2D eigenvalue weighted by molar-refractivity contribution is -0.113. The van der Waals surface area contributed by atoms with Crippen LogP contribution in [0, 0.1) is 6.92 Å². The Bertz CT molecular complexity index is 1240. The van der Waals surface area contributed by atoms with Gasteiger partial charge in [0.2, 0.25) is 11.0 Å². The molecule has 0 aliphatic carbocycles. The minimum absolute atomic E-state index is 0.0794. The number of carbonyl (C=O) groups is 2. The zero-order valence-corrected chi connectivity index (χ0v) is 19.0. The molecular formula is C19H16ClN7O3S2. The van der Waals surface area contributed by atoms with Gasteiger partial charge in [-0.25, -0.2) is 0 Å². The molecule has 164 valence electrons. The van der Waals surface area contributed by atoms with Crippen molar-refractivity contribution in [1.82, 2.24) is 30.3 Å². The van der Waals surface area contributed by atoms with Crippen molar-refractivity contribution in [3.05, 3.63) is 64.3 Å². The van der Waals surface area contributed by atoms with Crippen LogP contribution in [0.5, 0.6) is 0 Å². The molecule has 0 saturated heterocycles. The van der Waals surface area contributed by atoms with Gasteiger partial charge in [0, 0.05) is 5.02 Å². The number of thioether (sulfide) groups is 1. The fourth-order valence-corrected chi connectivity index (χ4v) is 4.23. The Morgan fingerprint density at radius 1 is 1.19 bits per heavy atom. The number of amides is 2. The molecule has 3 heterocycles. The van der Waals surface area contributed by atoms with E-state index in [2.05, 4.69) is 31.0 Å². The van der Waals surface area contributed by atoms with Crippen molar-refractivity contribution in [3.8, 4) is 5.69 Å². The van der Waals surface area contributed by atoms with Crippen LogP contribution in [-0.2, 0) is 11.3 Å². The van der Waals surface area contributed by atoms with Gasteiger partial charge < -0.3 is 9.73 Å². The predicted molar refractivity (Wildman–Crippen MR) is 120 cm³/mol. The standard InChI is InChI=1S/C19H16ClN7O3S2/c1-11-23-25-18(32-11)22-16(28)10-31-19-26-24-15(9-21-17(29)14-6-3-7-30-14)27(19)13-5-2-4-12(20)8-13/h2-8H,9-10H2,1H3,(H,21,29)(H,22,25,28). The third-order valence-corrected chi connectivity index (χ3v) is 5.94. The molecular weight excluding hydrogens is 474 g/mol. The number of halogens is 1. The molecule has 2 N–H and O–H groups in total. The summed E-state index contributed by atoms with van der Waals surface area (Å²) in [7, 11) is 0. The SMILES string of the molecule is Cc1nnc(NC(=O)CSc2nnc(CNC(=O)c3ccco3)n2-c2cccc(Cl)c2)s1. The Labute approximate surface area is 195 Å². The second-order valence-corrected chi connectivity index (χ2v) is 8.90. The van der Waals surface area contributed by atoms with E-state index in [0.29, 0.717) is 26.8 Å². The number of anilines is 1. The van der Waals surface area contributed by atoms with Crippen LogP contribution in [0.15, 0.2) is 52.2 Å². The van der Waals surface area contributed by atoms with E-state index < -0.39 is 0 Å². The Balaban J connectivity index is 1.51. The molecule has 13 heteroatoms. The van der Waals surface area contributed by atoms with Gasteiger partial charge in [0.1, 0.15) is 5.01 Å². The van der Waals surface area contributed by atoms with Gasteiger partial charge in [-0.2, -0.15) is 0 Å². The van der Waals surface area contributed by atoms with E-state index in [-0.39, 0.29) is 29.9 Å². The first kappa shape index (κ1) is 22.0. The molecule has 4 rings (SSSR count). The van der Waals surface area contributed by atoms with E-state index in [0.717, 1.165) is 5.01 Å². The molecule has 0 radical (unpaired) electrons. The average Bonchev–Trinajstić information content (AvgIpc) is 3.52. The fraction of sp³-hybridized carbons (Fsp3) is 0.158. The van der Waals surface area contributed by atoms with Gasteiger partial charge in [0.25, 0.3) is 5.91 Å². The topological polar surface area (TPSA) is 128 Å². The van der Waals surface area contributed by atoms with E-state index in [9.17, 15) is 9.59 Å². The highest BCUT2D eigenvalue weighted by molar-refractivity contribution is 7.99. The summed E-state index contributed by atoms with van der Waals surface area (Å²) in [5.74, 6) is 0.110. The first-order valence-electron chi connectivity index (χ1n) is 9.24. The van der Waals surface area contributed by atoms with Crippen molar-refractivity contribution < 1.29 is 14.0 Å². The average molecular weight is 490 g/mol. The Hall–Kier alpha value is -3.22. The first-order valence-corrected chi connectivity index (χ1v) is 11.4. The maximum absolute atomic E-state index is 12.3. The van der Waals surface area contributed by atoms with Crippen LogP contribution in [-0.4, -0.2) is 42.5 Å². The van der Waals surface area contributed by atoms with Crippen LogP contribution in [0.4, 0.5) is 5.13 Å². The van der Waals surface area contributed by atoms with Gasteiger partial charge in [-0.1, -0.05) is 40.8 Å². The molecule has 0 saturated carbocycles. The zero-order chi connectivity index (χ0) is 22.5. The third-order valence-electron chi connectivity index (χ3n) is 4.02. The van der Waals surface area contributed by atoms with E-state index in [1.54, 1.807) is 34.9 Å². The quantitative estimate of drug-likeness (QED) is 0.361. The lowest BCUT2D eigenvalue weighted by atomic mass is 10.3. The van der Waals surface area contributed by atoms with Crippen molar-refractivity contribution in [2.24, 2.45) is 0 Å². The van der Waals surface area contributed by atoms with Crippen molar-refractivity contribution in [2.45, 2.75) is 18.6 Å². The van der Waals surface area contributed by atoms with Gasteiger partial charge in [-0.05, 0) is 37.3 Å². The van der Waals surface area contributed by atoms with Crippen molar-refractivity contribution in [1.29, 1.82) is 0 Å². The van der Waals surface area contributed by atoms with Crippen LogP contribution in [0.1, 0.15) is 21.4 Å². The molecule has 4 aromatic rings. The third kappa shape index (κ3) is 5.33. The van der Waals surface area contributed by atoms with E-state index in [1.807, 2.05) is 13.0 Å². The van der Waals surface area contributed by atoms with Crippen molar-refractivity contribution in [2.75, 3.05) is 11.1 Å². The Kier molecular flexibility index (Phi) is 6.83. The summed E-state index contributed by atoms with van der Waals surface area (Å²) in [5.41, 5.74) is 0.701. The maximum atomic E-state index is 12.3. The molecule has 0 aliphatic rings. The van der Waals surface area contributed by atoms with Crippen LogP contribution < -0.4 is 10.6 Å². The van der Waals surface area contributed by atoms with E-state index in [4.69, 9.17) is 16.0 Å². The first-order chi connectivity index (χ1) is 15.5. The number of nitrogens with zero attached hydrogens (tertiary/aromatic N) is 5. The number of aromatic nitrogens is 5. The molecule has 0 aliphatic heterocycles. The largest absolute Gasteiger partial charge is 0.459 e. The van der Waals surface area contributed by atoms with Gasteiger partial charge in [0.15, 0.2) is 16.7 Å². The van der Waals surface area contributed by atoms with Crippen LogP contribution in [0.3, 0.4) is 0 Å². The Morgan fingerprint density at radius 3 is 2.78 bits per heavy atom. The van der Waals surface area contributed by atoms with Crippen molar-refractivity contribution in [3.63, 3.8) is 0 Å². The normalized spacial score (nSPS) is 10.8. The maximum Gasteiger partial charge on any atom is 0.287 e. The number of hydrogen-bond acceptors (Lipinski definition) is 9. The van der Waals surface area contributed by atoms with Gasteiger partial charge in [0.05, 0.1) is 24.2 Å². The molecule has 32 heavy (non-hydrogen) atoms. The number of benzene rings is 1. The summed E-state index contributed by atoms with van der Waals surface area (Å²) in [5, 5.41) is 23.8. The number of aryl methyl sites for hydroxylation is 1. The minimum atomic E-state index is -0.378. The lowest BCUT2D eigenvalue weighted by Gasteiger charge is -2.11. The summed E-state index contributed by atoms with van der Waals surface area (Å²) >= 11 is 8.65. The Morgan fingerprint density at radius 2 is 2.06 bits per heavy atom. The van der Waals surface area contributed by atoms with Gasteiger partial charge >= 0.3 is 0 Å². The highest BCUT2D eigenvalue weighted by atomic mass is 35.5. The molecule has 3 aromatic heterocycles. The summed E-state index contributed by atoms with van der Waals surface area (Å²) in [4.78, 5) is 24.5. The van der Waals surface area contributed by atoms with Gasteiger partial charge in [-0.15, -0.1) is 20.4 Å². The highest BCUT2D eigenvalue weighted by Crippen LogP contribution is 2.24. The van der Waals surface area contributed by atoms with Crippen LogP contribution >= 0.6 is 34.7 Å². The van der Waals surface area contributed by atoms with Crippen LogP contribution in [0.25, 0.3) is 5.69 Å². The monoisotopic (exact) mass is 489 g/mol. The number of rotatable bonds is 8. The molecule has 2 amide bonds. The smallest absolute Gasteiger partial charge is 0.287 e. The molecule has 0 unspecified atom stereocenters. The predicted octanol–water partition coefficient (Wildman–Crippen LogP) is 3.33. The molecule has 10 nitrogen and oxygen atoms in total. The highest BCUT2D eigenvalue weighted by Gasteiger charge is 2.18. The van der Waals surface area contributed by atoms with Gasteiger partial charge in [-0.3, -0.25) is 19.5 Å². The molecule has 1 aromatic carbocycles. The number of hydrogen-bond donors (Lipinski definition) is 2. The zero-order valence-electron chi connectivity index (χ0n) is 16.6. The minimum Gasteiger partial charge on any atom is -0.459 e. The van der Waals surface area contributed by atoms with E-state index >= 15 is 0 Å². The molecule has 0 spiro atoms. The van der Waals surface area contributed by atoms with Crippen LogP contribution in [0.2, 0.25) is 5.02 Å². The number of furan rings is 1. The molecule has 0 fully saturated rings. The van der Waals surface area contributed by atoms with Crippen molar-refractivity contribution >= 4 is 51.6 Å². The molecule has 0 atom stereocenters. The fourth-order valence-electron chi connectivity index (χ4n) is 2.67. The number of carbonyl (C=O) groups excluding carboxylic acids is 2. The summed E-state index contributed by atoms with van der Waals surface area (Å²) in [6.07, 6.45) is 1.42. The lowest BCUT2D eigenvalue weighted by Crippen LogP contribution is -2.24. The van der Waals surface area contributed by atoms with E-state index in [1.165, 1.54) is 29.4 Å². The second kappa shape index (κ2) is 9.94. The number of nitrogens with one attached hydrogen (secondary N) is 2. The summed E-state index contributed by atoms with van der Waals surface area (Å²) in [6.45, 7) is 1.90. The summed E-state index contributed by atoms with van der Waals surface area (Å²) < 4.78 is 6.84. The second-order valence-electron chi connectivity index (χ2n) is 6.34. The summed E-state index contributed by atoms with van der Waals surface area (Å²) in [6, 6.07) is 10.3.